The zero-order valence-corrected chi connectivity index (χ0v) is 14.4. The predicted octanol–water partition coefficient (Wildman–Crippen LogP) is 3.78. The van der Waals surface area contributed by atoms with Crippen molar-refractivity contribution in [2.45, 2.75) is 26.2 Å². The summed E-state index contributed by atoms with van der Waals surface area (Å²) in [5, 5.41) is 4.34. The Morgan fingerprint density at radius 2 is 1.71 bits per heavy atom. The fraction of sp³-hybridized carbons (Fsp3) is 0.286. The maximum Gasteiger partial charge on any atom is 0.220 e. The summed E-state index contributed by atoms with van der Waals surface area (Å²) in [5.74, 6) is 0.122. The molecule has 0 atom stereocenters. The second kappa shape index (κ2) is 7.35. The van der Waals surface area contributed by atoms with E-state index >= 15 is 0 Å². The molecule has 0 bridgehead atoms. The van der Waals surface area contributed by atoms with Crippen LogP contribution in [0.4, 0.5) is 0 Å². The lowest BCUT2D eigenvalue weighted by molar-refractivity contribution is -0.121. The van der Waals surface area contributed by atoms with Crippen molar-refractivity contribution in [1.82, 2.24) is 9.88 Å². The molecule has 0 aliphatic heterocycles. The Balaban J connectivity index is 1.55. The summed E-state index contributed by atoms with van der Waals surface area (Å²) in [5.41, 5.74) is 5.06. The lowest BCUT2D eigenvalue weighted by atomic mass is 10.1. The molecule has 1 N–H and O–H groups in total. The van der Waals surface area contributed by atoms with Gasteiger partial charge in [0, 0.05) is 36.6 Å². The van der Waals surface area contributed by atoms with Gasteiger partial charge < -0.3 is 9.88 Å². The Labute approximate surface area is 143 Å². The minimum Gasteiger partial charge on any atom is -0.356 e. The molecule has 0 fully saturated rings. The number of fused-ring (bicyclic) bond motifs is 1. The highest BCUT2D eigenvalue weighted by Crippen LogP contribution is 2.24. The van der Waals surface area contributed by atoms with E-state index in [0.717, 1.165) is 12.8 Å². The average molecular weight is 320 g/mol. The van der Waals surface area contributed by atoms with Gasteiger partial charge >= 0.3 is 0 Å². The summed E-state index contributed by atoms with van der Waals surface area (Å²) >= 11 is 0. The van der Waals surface area contributed by atoms with Crippen molar-refractivity contribution >= 4 is 16.8 Å². The van der Waals surface area contributed by atoms with E-state index in [1.807, 2.05) is 18.2 Å². The zero-order valence-electron chi connectivity index (χ0n) is 14.4. The van der Waals surface area contributed by atoms with Crippen LogP contribution in [0.2, 0.25) is 0 Å². The molecule has 1 aromatic heterocycles. The van der Waals surface area contributed by atoms with Crippen LogP contribution in [0, 0.1) is 6.92 Å². The van der Waals surface area contributed by atoms with Crippen molar-refractivity contribution in [3.05, 3.63) is 71.4 Å². The number of carbonyl (C=O) groups is 1. The van der Waals surface area contributed by atoms with Gasteiger partial charge in [0.15, 0.2) is 0 Å². The van der Waals surface area contributed by atoms with E-state index in [1.165, 1.54) is 27.7 Å². The van der Waals surface area contributed by atoms with E-state index in [4.69, 9.17) is 0 Å². The Bertz CT molecular complexity index is 834. The van der Waals surface area contributed by atoms with Crippen LogP contribution < -0.4 is 5.32 Å². The topological polar surface area (TPSA) is 34.0 Å². The van der Waals surface area contributed by atoms with Crippen molar-refractivity contribution in [3.8, 4) is 0 Å². The zero-order chi connectivity index (χ0) is 16.9. The van der Waals surface area contributed by atoms with Crippen molar-refractivity contribution in [1.29, 1.82) is 0 Å². The number of amides is 1. The van der Waals surface area contributed by atoms with Crippen LogP contribution in [-0.4, -0.2) is 17.0 Å². The van der Waals surface area contributed by atoms with Gasteiger partial charge in [-0.1, -0.05) is 48.5 Å². The SMILES string of the molecule is Cc1c(CCNC(=O)CCc2ccccc2)c2ccccc2n1C. The monoisotopic (exact) mass is 320 g/mol. The number of nitrogens with zero attached hydrogens (tertiary/aromatic N) is 1. The normalized spacial score (nSPS) is 10.9. The molecule has 3 heteroatoms. The fourth-order valence-electron chi connectivity index (χ4n) is 3.23. The van der Waals surface area contributed by atoms with Crippen molar-refractivity contribution < 1.29 is 4.79 Å². The number of rotatable bonds is 6. The first-order valence-corrected chi connectivity index (χ1v) is 8.50. The second-order valence-electron chi connectivity index (χ2n) is 6.23. The number of para-hydroxylation sites is 1. The summed E-state index contributed by atoms with van der Waals surface area (Å²) < 4.78 is 2.22. The third-order valence-electron chi connectivity index (χ3n) is 4.71. The molecule has 1 amide bonds. The number of benzene rings is 2. The fourth-order valence-corrected chi connectivity index (χ4v) is 3.23. The maximum absolute atomic E-state index is 12.0. The molecule has 124 valence electrons. The molecule has 0 saturated carbocycles. The van der Waals surface area contributed by atoms with Gasteiger partial charge in [0.05, 0.1) is 0 Å². The Morgan fingerprint density at radius 3 is 2.50 bits per heavy atom. The molecule has 0 saturated heterocycles. The molecule has 3 rings (SSSR count). The highest BCUT2D eigenvalue weighted by Gasteiger charge is 2.11. The molecule has 0 unspecified atom stereocenters. The van der Waals surface area contributed by atoms with Gasteiger partial charge in [0.1, 0.15) is 0 Å². The van der Waals surface area contributed by atoms with E-state index in [0.29, 0.717) is 13.0 Å². The van der Waals surface area contributed by atoms with Gasteiger partial charge in [-0.05, 0) is 37.0 Å². The minimum atomic E-state index is 0.122. The highest BCUT2D eigenvalue weighted by atomic mass is 16.1. The number of aromatic nitrogens is 1. The van der Waals surface area contributed by atoms with Crippen LogP contribution in [0.1, 0.15) is 23.2 Å². The Hall–Kier alpha value is -2.55. The van der Waals surface area contributed by atoms with Crippen molar-refractivity contribution in [2.24, 2.45) is 7.05 Å². The molecule has 24 heavy (non-hydrogen) atoms. The van der Waals surface area contributed by atoms with Gasteiger partial charge in [0.2, 0.25) is 5.91 Å². The lowest BCUT2D eigenvalue weighted by Crippen LogP contribution is -2.26. The van der Waals surface area contributed by atoms with Crippen molar-refractivity contribution in [2.75, 3.05) is 6.54 Å². The first kappa shape index (κ1) is 16.3. The van der Waals surface area contributed by atoms with Crippen molar-refractivity contribution in [3.63, 3.8) is 0 Å². The number of aryl methyl sites for hydroxylation is 2. The summed E-state index contributed by atoms with van der Waals surface area (Å²) in [6.45, 7) is 2.83. The van der Waals surface area contributed by atoms with Gasteiger partial charge in [-0.15, -0.1) is 0 Å². The summed E-state index contributed by atoms with van der Waals surface area (Å²) in [6.07, 6.45) is 2.20. The predicted molar refractivity (Wildman–Crippen MR) is 99.1 cm³/mol. The van der Waals surface area contributed by atoms with E-state index < -0.39 is 0 Å². The first-order valence-electron chi connectivity index (χ1n) is 8.50. The molecule has 0 radical (unpaired) electrons. The standard InChI is InChI=1S/C21H24N2O/c1-16-18(19-10-6-7-11-20(19)23(16)2)14-15-22-21(24)13-12-17-8-4-3-5-9-17/h3-11H,12-15H2,1-2H3,(H,22,24). The van der Waals surface area contributed by atoms with E-state index in [1.54, 1.807) is 0 Å². The highest BCUT2D eigenvalue weighted by molar-refractivity contribution is 5.85. The summed E-state index contributed by atoms with van der Waals surface area (Å²) in [7, 11) is 2.10. The van der Waals surface area contributed by atoms with Crippen LogP contribution in [-0.2, 0) is 24.7 Å². The molecule has 0 spiro atoms. The number of nitrogens with one attached hydrogen (secondary N) is 1. The van der Waals surface area contributed by atoms with E-state index in [9.17, 15) is 4.79 Å². The van der Waals surface area contributed by atoms with E-state index in [-0.39, 0.29) is 5.91 Å². The third kappa shape index (κ3) is 3.51. The minimum absolute atomic E-state index is 0.122. The van der Waals surface area contributed by atoms with Gasteiger partial charge in [-0.3, -0.25) is 4.79 Å². The van der Waals surface area contributed by atoms with Crippen LogP contribution in [0.25, 0.3) is 10.9 Å². The van der Waals surface area contributed by atoms with Crippen LogP contribution in [0.15, 0.2) is 54.6 Å². The van der Waals surface area contributed by atoms with Crippen LogP contribution in [0.5, 0.6) is 0 Å². The molecule has 3 nitrogen and oxygen atoms in total. The van der Waals surface area contributed by atoms with Crippen LogP contribution >= 0.6 is 0 Å². The summed E-state index contributed by atoms with van der Waals surface area (Å²) in [6, 6.07) is 18.6. The molecule has 0 aliphatic carbocycles. The number of carbonyl (C=O) groups excluding carboxylic acids is 1. The number of hydrogen-bond acceptors (Lipinski definition) is 1. The van der Waals surface area contributed by atoms with Crippen LogP contribution in [0.3, 0.4) is 0 Å². The number of hydrogen-bond donors (Lipinski definition) is 1. The second-order valence-corrected chi connectivity index (χ2v) is 6.23. The Kier molecular flexibility index (Phi) is 4.99. The quantitative estimate of drug-likeness (QED) is 0.737. The molecule has 0 aliphatic rings. The molecular formula is C21H24N2O. The smallest absolute Gasteiger partial charge is 0.220 e. The molecular weight excluding hydrogens is 296 g/mol. The third-order valence-corrected chi connectivity index (χ3v) is 4.71. The van der Waals surface area contributed by atoms with Gasteiger partial charge in [-0.25, -0.2) is 0 Å². The first-order chi connectivity index (χ1) is 11.7. The molecule has 3 aromatic rings. The van der Waals surface area contributed by atoms with Gasteiger partial charge in [-0.2, -0.15) is 0 Å². The van der Waals surface area contributed by atoms with Gasteiger partial charge in [0.25, 0.3) is 0 Å². The Morgan fingerprint density at radius 1 is 1.00 bits per heavy atom. The maximum atomic E-state index is 12.0. The largest absolute Gasteiger partial charge is 0.356 e. The molecule has 1 heterocycles. The lowest BCUT2D eigenvalue weighted by Gasteiger charge is -2.06. The summed E-state index contributed by atoms with van der Waals surface area (Å²) in [4.78, 5) is 12.0. The molecule has 2 aromatic carbocycles. The van der Waals surface area contributed by atoms with E-state index in [2.05, 4.69) is 60.3 Å². The average Bonchev–Trinajstić information content (AvgIpc) is 2.86.